The smallest absolute Gasteiger partial charge is 0.255 e. The minimum atomic E-state index is -3.24. The third-order valence-corrected chi connectivity index (χ3v) is 6.02. The molecule has 1 aromatic carbocycles. The number of hydrogen-bond donors (Lipinski definition) is 1. The van der Waals surface area contributed by atoms with E-state index in [1.165, 1.54) is 10.6 Å². The molecule has 8 nitrogen and oxygen atoms in total. The van der Waals surface area contributed by atoms with Gasteiger partial charge in [0.1, 0.15) is 11.5 Å². The largest absolute Gasteiger partial charge is 0.460 e. The second-order valence-electron chi connectivity index (χ2n) is 6.95. The van der Waals surface area contributed by atoms with Crippen molar-refractivity contribution in [2.24, 2.45) is 0 Å². The van der Waals surface area contributed by atoms with E-state index in [1.807, 2.05) is 43.3 Å². The lowest BCUT2D eigenvalue weighted by Gasteiger charge is -2.17. The number of aromatic nitrogens is 2. The first-order chi connectivity index (χ1) is 14.3. The lowest BCUT2D eigenvalue weighted by molar-refractivity contribution is 0.0953. The number of sulfonamides is 1. The summed E-state index contributed by atoms with van der Waals surface area (Å²) in [7, 11) is -3.24. The first-order valence-electron chi connectivity index (χ1n) is 9.75. The van der Waals surface area contributed by atoms with Crippen molar-refractivity contribution < 1.29 is 17.6 Å². The van der Waals surface area contributed by atoms with Crippen molar-refractivity contribution in [3.8, 4) is 17.1 Å². The molecule has 0 atom stereocenters. The zero-order chi connectivity index (χ0) is 21.7. The molecule has 0 saturated heterocycles. The van der Waals surface area contributed by atoms with Crippen molar-refractivity contribution in [1.82, 2.24) is 19.4 Å². The Kier molecular flexibility index (Phi) is 6.73. The molecule has 0 spiro atoms. The molecule has 0 aliphatic rings. The van der Waals surface area contributed by atoms with E-state index in [9.17, 15) is 13.2 Å². The van der Waals surface area contributed by atoms with Crippen molar-refractivity contribution in [1.29, 1.82) is 0 Å². The average Bonchev–Trinajstić information content (AvgIpc) is 3.34. The molecule has 0 radical (unpaired) electrons. The number of nitrogens with one attached hydrogen (secondary N) is 1. The molecule has 2 aromatic heterocycles. The standard InChI is InChI=1S/C21H26N4O4S/c1-4-24(30(3,27)28)14-8-13-22-21(26)18-15-25(17-9-6-5-7-10-17)23-20(18)19-12-11-16(2)29-19/h5-7,9-12,15H,4,8,13-14H2,1-3H3,(H,22,26). The van der Waals surface area contributed by atoms with Gasteiger partial charge in [-0.25, -0.2) is 17.4 Å². The Morgan fingerprint density at radius 1 is 1.20 bits per heavy atom. The fraction of sp³-hybridized carbons (Fsp3) is 0.333. The average molecular weight is 431 g/mol. The Hall–Kier alpha value is -2.91. The van der Waals surface area contributed by atoms with Crippen LogP contribution in [0.3, 0.4) is 0 Å². The van der Waals surface area contributed by atoms with Gasteiger partial charge in [0, 0.05) is 25.8 Å². The zero-order valence-electron chi connectivity index (χ0n) is 17.3. The fourth-order valence-corrected chi connectivity index (χ4v) is 4.04. The highest BCUT2D eigenvalue weighted by molar-refractivity contribution is 7.88. The van der Waals surface area contributed by atoms with Crippen LogP contribution < -0.4 is 5.32 Å². The van der Waals surface area contributed by atoms with Crippen LogP contribution in [0.2, 0.25) is 0 Å². The second-order valence-corrected chi connectivity index (χ2v) is 8.93. The molecule has 1 amide bonds. The monoisotopic (exact) mass is 430 g/mol. The van der Waals surface area contributed by atoms with Gasteiger partial charge in [0.05, 0.1) is 17.5 Å². The molecule has 160 valence electrons. The second kappa shape index (κ2) is 9.27. The summed E-state index contributed by atoms with van der Waals surface area (Å²) in [5.74, 6) is 0.955. The number of hydrogen-bond acceptors (Lipinski definition) is 5. The number of benzene rings is 1. The summed E-state index contributed by atoms with van der Waals surface area (Å²) in [5, 5.41) is 7.42. The van der Waals surface area contributed by atoms with Crippen LogP contribution in [0.5, 0.6) is 0 Å². The number of nitrogens with zero attached hydrogens (tertiary/aromatic N) is 3. The minimum Gasteiger partial charge on any atom is -0.460 e. The first kappa shape index (κ1) is 21.8. The fourth-order valence-electron chi connectivity index (χ4n) is 3.11. The van der Waals surface area contributed by atoms with Gasteiger partial charge in [0.15, 0.2) is 5.76 Å². The van der Waals surface area contributed by atoms with Gasteiger partial charge in [0.25, 0.3) is 5.91 Å². The number of para-hydroxylation sites is 1. The summed E-state index contributed by atoms with van der Waals surface area (Å²) < 4.78 is 32.1. The molecule has 2 heterocycles. The maximum atomic E-state index is 12.9. The molecule has 0 unspecified atom stereocenters. The topological polar surface area (TPSA) is 97.4 Å². The van der Waals surface area contributed by atoms with E-state index >= 15 is 0 Å². The number of furan rings is 1. The van der Waals surface area contributed by atoms with Crippen molar-refractivity contribution in [2.75, 3.05) is 25.9 Å². The number of amides is 1. The molecule has 1 N–H and O–H groups in total. The molecule has 0 fully saturated rings. The summed E-state index contributed by atoms with van der Waals surface area (Å²) in [4.78, 5) is 12.9. The van der Waals surface area contributed by atoms with Crippen LogP contribution in [0.25, 0.3) is 17.1 Å². The molecular weight excluding hydrogens is 404 g/mol. The van der Waals surface area contributed by atoms with Gasteiger partial charge in [-0.3, -0.25) is 4.79 Å². The van der Waals surface area contributed by atoms with Gasteiger partial charge in [-0.15, -0.1) is 0 Å². The van der Waals surface area contributed by atoms with E-state index in [0.29, 0.717) is 43.1 Å². The summed E-state index contributed by atoms with van der Waals surface area (Å²) in [5.41, 5.74) is 1.67. The van der Waals surface area contributed by atoms with Crippen LogP contribution in [-0.4, -0.2) is 54.3 Å². The van der Waals surface area contributed by atoms with Crippen molar-refractivity contribution in [3.05, 3.63) is 60.0 Å². The number of carbonyl (C=O) groups excluding carboxylic acids is 1. The normalized spacial score (nSPS) is 11.7. The van der Waals surface area contributed by atoms with Gasteiger partial charge in [-0.2, -0.15) is 5.10 Å². The summed E-state index contributed by atoms with van der Waals surface area (Å²) >= 11 is 0. The zero-order valence-corrected chi connectivity index (χ0v) is 18.1. The van der Waals surface area contributed by atoms with Gasteiger partial charge in [-0.1, -0.05) is 25.1 Å². The van der Waals surface area contributed by atoms with Crippen LogP contribution in [0.15, 0.2) is 53.1 Å². The summed E-state index contributed by atoms with van der Waals surface area (Å²) in [6.07, 6.45) is 3.37. The highest BCUT2D eigenvalue weighted by Crippen LogP contribution is 2.25. The highest BCUT2D eigenvalue weighted by Gasteiger charge is 2.21. The Labute approximate surface area is 176 Å². The van der Waals surface area contributed by atoms with Crippen molar-refractivity contribution in [2.45, 2.75) is 20.3 Å². The Balaban J connectivity index is 1.76. The number of aryl methyl sites for hydroxylation is 1. The molecule has 3 rings (SSSR count). The molecule has 0 saturated carbocycles. The van der Waals surface area contributed by atoms with E-state index in [2.05, 4.69) is 10.4 Å². The van der Waals surface area contributed by atoms with E-state index in [0.717, 1.165) is 11.4 Å². The third kappa shape index (κ3) is 5.17. The van der Waals surface area contributed by atoms with E-state index in [-0.39, 0.29) is 5.91 Å². The molecule has 0 bridgehead atoms. The highest BCUT2D eigenvalue weighted by atomic mass is 32.2. The number of carbonyl (C=O) groups is 1. The lowest BCUT2D eigenvalue weighted by Crippen LogP contribution is -2.33. The maximum absolute atomic E-state index is 12.9. The number of rotatable bonds is 9. The SMILES string of the molecule is CCN(CCCNC(=O)c1cn(-c2ccccc2)nc1-c1ccc(C)o1)S(C)(=O)=O. The lowest BCUT2D eigenvalue weighted by atomic mass is 10.2. The quantitative estimate of drug-likeness (QED) is 0.527. The van der Waals surface area contributed by atoms with Gasteiger partial charge in [0.2, 0.25) is 10.0 Å². The van der Waals surface area contributed by atoms with Gasteiger partial charge < -0.3 is 9.73 Å². The molecule has 0 aliphatic heterocycles. The summed E-state index contributed by atoms with van der Waals surface area (Å²) in [6.45, 7) is 4.72. The van der Waals surface area contributed by atoms with Crippen LogP contribution >= 0.6 is 0 Å². The molecular formula is C21H26N4O4S. The van der Waals surface area contributed by atoms with Crippen LogP contribution in [-0.2, 0) is 10.0 Å². The van der Waals surface area contributed by atoms with Crippen molar-refractivity contribution in [3.63, 3.8) is 0 Å². The van der Waals surface area contributed by atoms with Crippen LogP contribution in [0.1, 0.15) is 29.5 Å². The minimum absolute atomic E-state index is 0.288. The summed E-state index contributed by atoms with van der Waals surface area (Å²) in [6, 6.07) is 13.1. The molecule has 9 heteroatoms. The molecule has 0 aliphatic carbocycles. The Bertz CT molecular complexity index is 1100. The third-order valence-electron chi connectivity index (χ3n) is 4.64. The van der Waals surface area contributed by atoms with Gasteiger partial charge in [-0.05, 0) is 37.6 Å². The van der Waals surface area contributed by atoms with E-state index < -0.39 is 10.0 Å². The first-order valence-corrected chi connectivity index (χ1v) is 11.6. The predicted octanol–water partition coefficient (Wildman–Crippen LogP) is 2.84. The Morgan fingerprint density at radius 2 is 1.93 bits per heavy atom. The van der Waals surface area contributed by atoms with Crippen LogP contribution in [0.4, 0.5) is 0 Å². The van der Waals surface area contributed by atoms with E-state index in [1.54, 1.807) is 23.9 Å². The van der Waals surface area contributed by atoms with Crippen LogP contribution in [0, 0.1) is 6.92 Å². The molecule has 30 heavy (non-hydrogen) atoms. The van der Waals surface area contributed by atoms with Crippen molar-refractivity contribution >= 4 is 15.9 Å². The Morgan fingerprint density at radius 3 is 2.53 bits per heavy atom. The molecule has 3 aromatic rings. The predicted molar refractivity (Wildman–Crippen MR) is 115 cm³/mol. The van der Waals surface area contributed by atoms with E-state index in [4.69, 9.17) is 4.42 Å². The van der Waals surface area contributed by atoms with Gasteiger partial charge >= 0.3 is 0 Å². The maximum Gasteiger partial charge on any atom is 0.255 e.